The van der Waals surface area contributed by atoms with Gasteiger partial charge in [-0.2, -0.15) is 0 Å². The number of aryl methyl sites for hydroxylation is 1. The Balaban J connectivity index is 1.22. The number of nitrogens with zero attached hydrogens (tertiary/aromatic N) is 1. The van der Waals surface area contributed by atoms with E-state index >= 15 is 0 Å². The van der Waals surface area contributed by atoms with E-state index in [1.165, 1.54) is 10.5 Å². The zero-order valence-electron chi connectivity index (χ0n) is 16.8. The topological polar surface area (TPSA) is 92.8 Å². The molecule has 1 fully saturated rings. The Kier molecular flexibility index (Phi) is 5.97. The number of esters is 1. The number of nitrogens with one attached hydrogen (secondary N) is 1. The average molecular weight is 410 g/mol. The van der Waals surface area contributed by atoms with Crippen molar-refractivity contribution in [2.24, 2.45) is 11.8 Å². The summed E-state index contributed by atoms with van der Waals surface area (Å²) in [4.78, 5) is 50.3. The van der Waals surface area contributed by atoms with Crippen LogP contribution < -0.4 is 5.32 Å². The van der Waals surface area contributed by atoms with Crippen molar-refractivity contribution in [1.29, 1.82) is 0 Å². The van der Waals surface area contributed by atoms with Crippen molar-refractivity contribution < 1.29 is 23.9 Å². The highest BCUT2D eigenvalue weighted by atomic mass is 16.5. The molecule has 3 atom stereocenters. The first-order valence-corrected chi connectivity index (χ1v) is 10.6. The highest BCUT2D eigenvalue weighted by Gasteiger charge is 2.46. The van der Waals surface area contributed by atoms with Gasteiger partial charge in [-0.05, 0) is 43.2 Å². The molecule has 0 aromatic heterocycles. The van der Waals surface area contributed by atoms with Crippen LogP contribution in [0.4, 0.5) is 0 Å². The molecule has 2 aliphatic carbocycles. The number of fused-ring (bicyclic) bond motifs is 2. The van der Waals surface area contributed by atoms with Crippen molar-refractivity contribution >= 4 is 23.7 Å². The van der Waals surface area contributed by atoms with E-state index in [2.05, 4.69) is 11.4 Å². The summed E-state index contributed by atoms with van der Waals surface area (Å²) in [5.74, 6) is -1.98. The summed E-state index contributed by atoms with van der Waals surface area (Å²) in [6.07, 6.45) is 7.74. The van der Waals surface area contributed by atoms with Gasteiger partial charge in [0.15, 0.2) is 6.61 Å². The molecule has 3 aliphatic rings. The third kappa shape index (κ3) is 4.15. The number of carbonyl (C=O) groups excluding carboxylic acids is 4. The molecule has 0 bridgehead atoms. The van der Waals surface area contributed by atoms with Crippen LogP contribution in [0.2, 0.25) is 0 Å². The molecule has 4 rings (SSSR count). The lowest BCUT2D eigenvalue weighted by Crippen LogP contribution is -2.35. The molecule has 0 spiro atoms. The number of hydrogen-bond donors (Lipinski definition) is 1. The third-order valence-electron chi connectivity index (χ3n) is 6.21. The summed E-state index contributed by atoms with van der Waals surface area (Å²) >= 11 is 0. The molecule has 1 aromatic carbocycles. The number of hydrogen-bond acceptors (Lipinski definition) is 5. The van der Waals surface area contributed by atoms with E-state index < -0.39 is 5.97 Å². The Morgan fingerprint density at radius 1 is 1.07 bits per heavy atom. The van der Waals surface area contributed by atoms with Crippen LogP contribution in [0.1, 0.15) is 49.3 Å². The first-order valence-electron chi connectivity index (χ1n) is 10.6. The van der Waals surface area contributed by atoms with E-state index in [1.807, 2.05) is 30.4 Å². The number of rotatable bonds is 6. The minimum absolute atomic E-state index is 0.00111. The summed E-state index contributed by atoms with van der Waals surface area (Å²) in [7, 11) is 0. The Hall–Kier alpha value is -2.96. The first-order chi connectivity index (χ1) is 14.5. The lowest BCUT2D eigenvalue weighted by molar-refractivity contribution is -0.150. The van der Waals surface area contributed by atoms with Crippen molar-refractivity contribution in [1.82, 2.24) is 10.2 Å². The van der Waals surface area contributed by atoms with E-state index in [-0.39, 0.29) is 55.2 Å². The second-order valence-corrected chi connectivity index (χ2v) is 8.11. The van der Waals surface area contributed by atoms with Crippen LogP contribution in [0.25, 0.3) is 0 Å². The number of carbonyl (C=O) groups is 4. The van der Waals surface area contributed by atoms with Crippen LogP contribution in [-0.4, -0.2) is 41.7 Å². The normalized spacial score (nSPS) is 24.9. The monoisotopic (exact) mass is 410 g/mol. The Labute approximate surface area is 175 Å². The van der Waals surface area contributed by atoms with Gasteiger partial charge in [-0.3, -0.25) is 24.1 Å². The number of imide groups is 1. The fourth-order valence-electron chi connectivity index (χ4n) is 4.65. The van der Waals surface area contributed by atoms with Crippen molar-refractivity contribution in [2.75, 3.05) is 13.2 Å². The number of benzene rings is 1. The predicted octanol–water partition coefficient (Wildman–Crippen LogP) is 2.06. The van der Waals surface area contributed by atoms with Gasteiger partial charge in [0.05, 0.1) is 24.3 Å². The number of likely N-dealkylation sites (tertiary alicyclic amines) is 1. The van der Waals surface area contributed by atoms with Gasteiger partial charge >= 0.3 is 5.97 Å². The molecule has 7 nitrogen and oxygen atoms in total. The molecule has 0 saturated carbocycles. The maximum Gasteiger partial charge on any atom is 0.308 e. The van der Waals surface area contributed by atoms with E-state index in [9.17, 15) is 19.2 Å². The second kappa shape index (κ2) is 8.81. The molecular formula is C23H26N2O5. The van der Waals surface area contributed by atoms with E-state index in [0.717, 1.165) is 24.8 Å². The lowest BCUT2D eigenvalue weighted by atomic mass is 9.85. The zero-order chi connectivity index (χ0) is 21.1. The maximum absolute atomic E-state index is 12.4. The third-order valence-corrected chi connectivity index (χ3v) is 6.21. The largest absolute Gasteiger partial charge is 0.456 e. The van der Waals surface area contributed by atoms with Crippen molar-refractivity contribution in [3.05, 3.63) is 47.5 Å². The van der Waals surface area contributed by atoms with E-state index in [4.69, 9.17) is 4.74 Å². The Morgan fingerprint density at radius 2 is 1.77 bits per heavy atom. The fourth-order valence-corrected chi connectivity index (χ4v) is 4.65. The molecule has 1 aliphatic heterocycles. The molecule has 1 N–H and O–H groups in total. The quantitative estimate of drug-likeness (QED) is 0.440. The first kappa shape index (κ1) is 20.3. The summed E-state index contributed by atoms with van der Waals surface area (Å²) < 4.78 is 5.07. The molecule has 158 valence electrons. The number of allylic oxidation sites excluding steroid dienone is 2. The van der Waals surface area contributed by atoms with Gasteiger partial charge in [-0.15, -0.1) is 0 Å². The van der Waals surface area contributed by atoms with E-state index in [0.29, 0.717) is 12.8 Å². The predicted molar refractivity (Wildman–Crippen MR) is 108 cm³/mol. The highest BCUT2D eigenvalue weighted by molar-refractivity contribution is 6.05. The van der Waals surface area contributed by atoms with E-state index in [1.54, 1.807) is 0 Å². The zero-order valence-corrected chi connectivity index (χ0v) is 16.8. The molecule has 30 heavy (non-hydrogen) atoms. The highest BCUT2D eigenvalue weighted by Crippen LogP contribution is 2.35. The van der Waals surface area contributed by atoms with Crippen molar-refractivity contribution in [3.8, 4) is 0 Å². The van der Waals surface area contributed by atoms with Crippen LogP contribution in [0.3, 0.4) is 0 Å². The molecule has 7 heteroatoms. The van der Waals surface area contributed by atoms with Crippen LogP contribution in [-0.2, 0) is 30.3 Å². The number of amides is 3. The SMILES string of the molecule is O=C(COC(=O)CCN1C(=O)[C@H]2CC=CC[C@H]2C1=O)N[C@@H]1CCCc2ccccc21. The average Bonchev–Trinajstić information content (AvgIpc) is 3.01. The van der Waals surface area contributed by atoms with Gasteiger partial charge in [-0.25, -0.2) is 0 Å². The summed E-state index contributed by atoms with van der Waals surface area (Å²) in [5.41, 5.74) is 2.35. The molecular weight excluding hydrogens is 384 g/mol. The molecule has 1 heterocycles. The van der Waals surface area contributed by atoms with Crippen LogP contribution >= 0.6 is 0 Å². The number of ether oxygens (including phenoxy) is 1. The second-order valence-electron chi connectivity index (χ2n) is 8.11. The van der Waals surface area contributed by atoms with Gasteiger partial charge in [0.2, 0.25) is 11.8 Å². The molecule has 1 aromatic rings. The van der Waals surface area contributed by atoms with Crippen LogP contribution in [0, 0.1) is 11.8 Å². The maximum atomic E-state index is 12.4. The van der Waals surface area contributed by atoms with Gasteiger partial charge in [-0.1, -0.05) is 36.4 Å². The summed E-state index contributed by atoms with van der Waals surface area (Å²) in [6, 6.07) is 7.96. The summed E-state index contributed by atoms with van der Waals surface area (Å²) in [6.45, 7) is -0.365. The Morgan fingerprint density at radius 3 is 2.50 bits per heavy atom. The minimum Gasteiger partial charge on any atom is -0.456 e. The van der Waals surface area contributed by atoms with Crippen LogP contribution in [0.5, 0.6) is 0 Å². The van der Waals surface area contributed by atoms with Gasteiger partial charge in [0.1, 0.15) is 0 Å². The molecule has 0 radical (unpaired) electrons. The van der Waals surface area contributed by atoms with Crippen molar-refractivity contribution in [3.63, 3.8) is 0 Å². The van der Waals surface area contributed by atoms with Crippen molar-refractivity contribution in [2.45, 2.75) is 44.6 Å². The van der Waals surface area contributed by atoms with Crippen LogP contribution in [0.15, 0.2) is 36.4 Å². The molecule has 0 unspecified atom stereocenters. The van der Waals surface area contributed by atoms with Gasteiger partial charge in [0, 0.05) is 6.54 Å². The fraction of sp³-hybridized carbons (Fsp3) is 0.478. The molecule has 3 amide bonds. The summed E-state index contributed by atoms with van der Waals surface area (Å²) in [5, 5.41) is 2.93. The molecule has 1 saturated heterocycles. The van der Waals surface area contributed by atoms with Gasteiger partial charge in [0.25, 0.3) is 5.91 Å². The standard InChI is InChI=1S/C23H26N2O5/c26-20(24-19-11-5-7-15-6-1-2-8-16(15)19)14-30-21(27)12-13-25-22(28)17-9-3-4-10-18(17)23(25)29/h1-4,6,8,17-19H,5,7,9-14H2,(H,24,26)/t17-,18+,19-/m1/s1. The minimum atomic E-state index is -0.595. The Bertz CT molecular complexity index is 867. The smallest absolute Gasteiger partial charge is 0.308 e. The lowest BCUT2D eigenvalue weighted by Gasteiger charge is -2.26. The van der Waals surface area contributed by atoms with Gasteiger partial charge < -0.3 is 10.1 Å².